The van der Waals surface area contributed by atoms with E-state index >= 15 is 0 Å². The molecule has 0 spiro atoms. The van der Waals surface area contributed by atoms with Crippen LogP contribution in [-0.2, 0) is 28.6 Å². The van der Waals surface area contributed by atoms with Crippen molar-refractivity contribution in [2.45, 2.75) is 303 Å². The van der Waals surface area contributed by atoms with Gasteiger partial charge in [0.1, 0.15) is 13.2 Å². The minimum atomic E-state index is -0.770. The molecule has 374 valence electrons. The molecule has 0 rings (SSSR count). The maximum absolute atomic E-state index is 12.8. The van der Waals surface area contributed by atoms with Crippen molar-refractivity contribution in [1.82, 2.24) is 0 Å². The number of carbonyl (C=O) groups is 3. The molecule has 0 saturated heterocycles. The summed E-state index contributed by atoms with van der Waals surface area (Å²) in [4.78, 5) is 38.0. The molecular weight excluding hydrogens is 793 g/mol. The monoisotopic (exact) mass is 899 g/mol. The van der Waals surface area contributed by atoms with Gasteiger partial charge in [0.25, 0.3) is 0 Å². The Balaban J connectivity index is 4.23. The summed E-state index contributed by atoms with van der Waals surface area (Å²) in [5.41, 5.74) is 0. The molecule has 0 aromatic carbocycles. The Morgan fingerprint density at radius 1 is 0.312 bits per heavy atom. The van der Waals surface area contributed by atoms with Crippen molar-refractivity contribution in [1.29, 1.82) is 0 Å². The number of ether oxygens (including phenoxy) is 3. The normalized spacial score (nSPS) is 12.2. The molecule has 0 bridgehead atoms. The molecule has 0 heterocycles. The van der Waals surface area contributed by atoms with E-state index in [0.29, 0.717) is 19.3 Å². The Kier molecular flexibility index (Phi) is 51.3. The molecule has 1 unspecified atom stereocenters. The van der Waals surface area contributed by atoms with Crippen LogP contribution in [0.15, 0.2) is 36.5 Å². The second kappa shape index (κ2) is 53.2. The predicted octanol–water partition coefficient (Wildman–Crippen LogP) is 18.5. The number of hydrogen-bond donors (Lipinski definition) is 0. The maximum Gasteiger partial charge on any atom is 0.306 e. The Morgan fingerprint density at radius 2 is 0.562 bits per heavy atom. The number of rotatable bonds is 51. The second-order valence-corrected chi connectivity index (χ2v) is 18.8. The minimum absolute atomic E-state index is 0.0715. The molecule has 6 nitrogen and oxygen atoms in total. The average molecular weight is 899 g/mol. The van der Waals surface area contributed by atoms with Gasteiger partial charge in [0, 0.05) is 19.3 Å². The van der Waals surface area contributed by atoms with Gasteiger partial charge < -0.3 is 14.2 Å². The quantitative estimate of drug-likeness (QED) is 0.0262. The lowest BCUT2D eigenvalue weighted by Crippen LogP contribution is -2.30. The first-order chi connectivity index (χ1) is 31.5. The summed E-state index contributed by atoms with van der Waals surface area (Å²) in [6.07, 6.45) is 62.8. The lowest BCUT2D eigenvalue weighted by Gasteiger charge is -2.18. The summed E-state index contributed by atoms with van der Waals surface area (Å²) in [5.74, 6) is -0.869. The highest BCUT2D eigenvalue weighted by atomic mass is 16.6. The molecule has 0 aliphatic heterocycles. The fourth-order valence-corrected chi connectivity index (χ4v) is 8.12. The highest BCUT2D eigenvalue weighted by molar-refractivity contribution is 5.71. The lowest BCUT2D eigenvalue weighted by molar-refractivity contribution is -0.167. The second-order valence-electron chi connectivity index (χ2n) is 18.8. The average Bonchev–Trinajstić information content (AvgIpc) is 3.29. The van der Waals surface area contributed by atoms with Gasteiger partial charge in [0.05, 0.1) is 0 Å². The van der Waals surface area contributed by atoms with Crippen LogP contribution in [0.5, 0.6) is 0 Å². The van der Waals surface area contributed by atoms with E-state index in [1.807, 2.05) is 0 Å². The number of carbonyl (C=O) groups excluding carboxylic acids is 3. The van der Waals surface area contributed by atoms with Crippen LogP contribution in [0, 0.1) is 0 Å². The summed E-state index contributed by atoms with van der Waals surface area (Å²) in [5, 5.41) is 0. The molecule has 0 aromatic heterocycles. The van der Waals surface area contributed by atoms with Crippen molar-refractivity contribution < 1.29 is 28.6 Å². The molecule has 0 aromatic rings. The predicted molar refractivity (Wildman–Crippen MR) is 275 cm³/mol. The topological polar surface area (TPSA) is 78.9 Å². The molecule has 1 atom stereocenters. The van der Waals surface area contributed by atoms with Crippen LogP contribution in [0.1, 0.15) is 297 Å². The Hall–Kier alpha value is -2.37. The summed E-state index contributed by atoms with van der Waals surface area (Å²) in [7, 11) is 0. The summed E-state index contributed by atoms with van der Waals surface area (Å²) in [6.45, 7) is 6.61. The fourth-order valence-electron chi connectivity index (χ4n) is 8.12. The van der Waals surface area contributed by atoms with Gasteiger partial charge >= 0.3 is 17.9 Å². The van der Waals surface area contributed by atoms with E-state index in [1.54, 1.807) is 0 Å². The zero-order chi connectivity index (χ0) is 46.5. The van der Waals surface area contributed by atoms with Crippen molar-refractivity contribution in [3.8, 4) is 0 Å². The van der Waals surface area contributed by atoms with E-state index in [9.17, 15) is 14.4 Å². The molecule has 0 aliphatic rings. The largest absolute Gasteiger partial charge is 0.462 e. The van der Waals surface area contributed by atoms with Crippen LogP contribution < -0.4 is 0 Å². The molecule has 0 saturated carbocycles. The molecule has 6 heteroatoms. The van der Waals surface area contributed by atoms with Gasteiger partial charge in [0.15, 0.2) is 6.10 Å². The van der Waals surface area contributed by atoms with E-state index in [4.69, 9.17) is 14.2 Å². The van der Waals surface area contributed by atoms with E-state index < -0.39 is 6.10 Å². The summed E-state index contributed by atoms with van der Waals surface area (Å²) in [6, 6.07) is 0. The number of hydrogen-bond acceptors (Lipinski definition) is 6. The Labute approximate surface area is 397 Å². The maximum atomic E-state index is 12.8. The van der Waals surface area contributed by atoms with Crippen molar-refractivity contribution in [2.24, 2.45) is 0 Å². The molecule has 0 radical (unpaired) electrons. The third-order valence-electron chi connectivity index (χ3n) is 12.4. The van der Waals surface area contributed by atoms with Crippen molar-refractivity contribution in [3.63, 3.8) is 0 Å². The van der Waals surface area contributed by atoms with Crippen LogP contribution in [0.3, 0.4) is 0 Å². The van der Waals surface area contributed by atoms with Gasteiger partial charge in [-0.05, 0) is 77.0 Å². The first-order valence-electron chi connectivity index (χ1n) is 28.0. The van der Waals surface area contributed by atoms with Crippen molar-refractivity contribution in [2.75, 3.05) is 13.2 Å². The Bertz CT molecular complexity index is 1080. The van der Waals surface area contributed by atoms with Crippen LogP contribution in [0.2, 0.25) is 0 Å². The molecule has 0 amide bonds. The first kappa shape index (κ1) is 61.6. The van der Waals surface area contributed by atoms with Gasteiger partial charge in [0.2, 0.25) is 0 Å². The van der Waals surface area contributed by atoms with Gasteiger partial charge in [-0.15, -0.1) is 0 Å². The SMILES string of the molecule is CCCCC/C=C\C/C=C\CCCCCCCCCCCC(=O)OCC(COC(=O)CCCCCCCCCC)OC(=O)CCCCCCCCCCC/C=C\CCCCCCCC. The summed E-state index contributed by atoms with van der Waals surface area (Å²) < 4.78 is 16.8. The first-order valence-corrected chi connectivity index (χ1v) is 28.0. The highest BCUT2D eigenvalue weighted by Crippen LogP contribution is 2.16. The lowest BCUT2D eigenvalue weighted by atomic mass is 10.1. The van der Waals surface area contributed by atoms with E-state index in [2.05, 4.69) is 57.2 Å². The van der Waals surface area contributed by atoms with E-state index in [0.717, 1.165) is 64.2 Å². The van der Waals surface area contributed by atoms with E-state index in [-0.39, 0.29) is 31.1 Å². The zero-order valence-electron chi connectivity index (χ0n) is 42.8. The van der Waals surface area contributed by atoms with Gasteiger partial charge in [-0.3, -0.25) is 14.4 Å². The van der Waals surface area contributed by atoms with Crippen molar-refractivity contribution in [3.05, 3.63) is 36.5 Å². The minimum Gasteiger partial charge on any atom is -0.462 e. The van der Waals surface area contributed by atoms with Gasteiger partial charge in [-0.2, -0.15) is 0 Å². The van der Waals surface area contributed by atoms with Crippen LogP contribution in [-0.4, -0.2) is 37.2 Å². The molecule has 0 N–H and O–H groups in total. The number of esters is 3. The fraction of sp³-hybridized carbons (Fsp3) is 0.845. The molecule has 0 fully saturated rings. The molecular formula is C58H106O6. The highest BCUT2D eigenvalue weighted by Gasteiger charge is 2.19. The van der Waals surface area contributed by atoms with Crippen LogP contribution >= 0.6 is 0 Å². The zero-order valence-corrected chi connectivity index (χ0v) is 42.8. The Morgan fingerprint density at radius 3 is 0.906 bits per heavy atom. The molecule has 0 aliphatic carbocycles. The van der Waals surface area contributed by atoms with Crippen LogP contribution in [0.25, 0.3) is 0 Å². The van der Waals surface area contributed by atoms with Gasteiger partial charge in [-0.25, -0.2) is 0 Å². The number of unbranched alkanes of at least 4 members (excludes halogenated alkanes) is 34. The third kappa shape index (κ3) is 50.6. The van der Waals surface area contributed by atoms with Crippen LogP contribution in [0.4, 0.5) is 0 Å². The van der Waals surface area contributed by atoms with Gasteiger partial charge in [-0.1, -0.05) is 237 Å². The molecule has 64 heavy (non-hydrogen) atoms. The van der Waals surface area contributed by atoms with E-state index in [1.165, 1.54) is 193 Å². The smallest absolute Gasteiger partial charge is 0.306 e. The number of allylic oxidation sites excluding steroid dienone is 6. The standard InChI is InChI=1S/C58H106O6/c1-4-7-10-13-16-19-21-23-25-27-29-31-33-35-37-39-42-45-48-51-57(60)63-54-55(53-62-56(59)50-47-44-41-18-15-12-9-6-3)64-58(61)52-49-46-43-40-38-36-34-32-30-28-26-24-22-20-17-14-11-8-5-2/h16,19,23-26,55H,4-15,17-18,20-22,27-54H2,1-3H3/b19-16-,25-23-,26-24-. The van der Waals surface area contributed by atoms with Crippen molar-refractivity contribution >= 4 is 17.9 Å². The summed E-state index contributed by atoms with van der Waals surface area (Å²) >= 11 is 0. The third-order valence-corrected chi connectivity index (χ3v) is 12.4.